The SMILES string of the molecule is Cc1ccc(NC(=O)Nc2ccc(C(=O)O)cn2)cc1Cl. The lowest BCUT2D eigenvalue weighted by atomic mass is 10.2. The van der Waals surface area contributed by atoms with Gasteiger partial charge in [0.2, 0.25) is 0 Å². The Morgan fingerprint density at radius 3 is 2.52 bits per heavy atom. The Morgan fingerprint density at radius 2 is 1.95 bits per heavy atom. The molecule has 0 saturated carbocycles. The highest BCUT2D eigenvalue weighted by Crippen LogP contribution is 2.20. The van der Waals surface area contributed by atoms with Crippen LogP contribution < -0.4 is 10.6 Å². The highest BCUT2D eigenvalue weighted by atomic mass is 35.5. The molecule has 0 spiro atoms. The number of carbonyl (C=O) groups is 2. The van der Waals surface area contributed by atoms with E-state index in [1.165, 1.54) is 18.3 Å². The van der Waals surface area contributed by atoms with E-state index in [4.69, 9.17) is 16.7 Å². The molecular weight excluding hydrogens is 294 g/mol. The van der Waals surface area contributed by atoms with E-state index in [2.05, 4.69) is 15.6 Å². The molecule has 0 bridgehead atoms. The monoisotopic (exact) mass is 305 g/mol. The fourth-order valence-corrected chi connectivity index (χ4v) is 1.72. The van der Waals surface area contributed by atoms with Gasteiger partial charge in [0.1, 0.15) is 5.82 Å². The third-order valence-corrected chi connectivity index (χ3v) is 3.09. The number of carbonyl (C=O) groups excluding carboxylic acids is 1. The maximum atomic E-state index is 11.8. The average molecular weight is 306 g/mol. The quantitative estimate of drug-likeness (QED) is 0.810. The first-order valence-electron chi connectivity index (χ1n) is 5.99. The smallest absolute Gasteiger partial charge is 0.337 e. The third-order valence-electron chi connectivity index (χ3n) is 2.68. The Kier molecular flexibility index (Phi) is 4.39. The molecule has 6 nitrogen and oxygen atoms in total. The summed E-state index contributed by atoms with van der Waals surface area (Å²) in [5, 5.41) is 14.4. The van der Waals surface area contributed by atoms with Crippen LogP contribution in [-0.2, 0) is 0 Å². The van der Waals surface area contributed by atoms with Crippen molar-refractivity contribution in [1.82, 2.24) is 4.98 Å². The largest absolute Gasteiger partial charge is 0.478 e. The van der Waals surface area contributed by atoms with Crippen LogP contribution in [0.5, 0.6) is 0 Å². The maximum Gasteiger partial charge on any atom is 0.337 e. The molecular formula is C14H12ClN3O3. The van der Waals surface area contributed by atoms with Crippen LogP contribution in [0.1, 0.15) is 15.9 Å². The number of aromatic carboxylic acids is 1. The van der Waals surface area contributed by atoms with E-state index in [1.807, 2.05) is 6.92 Å². The molecule has 1 aromatic carbocycles. The van der Waals surface area contributed by atoms with Crippen molar-refractivity contribution in [2.45, 2.75) is 6.92 Å². The summed E-state index contributed by atoms with van der Waals surface area (Å²) in [7, 11) is 0. The van der Waals surface area contributed by atoms with Crippen molar-refractivity contribution in [2.75, 3.05) is 10.6 Å². The molecule has 2 aromatic rings. The van der Waals surface area contributed by atoms with Gasteiger partial charge in [0.25, 0.3) is 0 Å². The number of aryl methyl sites for hydroxylation is 1. The lowest BCUT2D eigenvalue weighted by molar-refractivity contribution is 0.0696. The Balaban J connectivity index is 2.01. The number of halogens is 1. The number of carboxylic acid groups (broad SMARTS) is 1. The fourth-order valence-electron chi connectivity index (χ4n) is 1.54. The van der Waals surface area contributed by atoms with Gasteiger partial charge < -0.3 is 10.4 Å². The van der Waals surface area contributed by atoms with E-state index in [-0.39, 0.29) is 11.4 Å². The first-order valence-corrected chi connectivity index (χ1v) is 6.37. The summed E-state index contributed by atoms with van der Waals surface area (Å²) < 4.78 is 0. The zero-order valence-corrected chi connectivity index (χ0v) is 11.8. The van der Waals surface area contributed by atoms with E-state index < -0.39 is 12.0 Å². The topological polar surface area (TPSA) is 91.3 Å². The first kappa shape index (κ1) is 14.8. The molecule has 0 radical (unpaired) electrons. The van der Waals surface area contributed by atoms with Gasteiger partial charge in [-0.2, -0.15) is 0 Å². The Morgan fingerprint density at radius 1 is 1.19 bits per heavy atom. The molecule has 0 atom stereocenters. The van der Waals surface area contributed by atoms with Gasteiger partial charge in [-0.3, -0.25) is 5.32 Å². The van der Waals surface area contributed by atoms with Gasteiger partial charge in [0.15, 0.2) is 0 Å². The number of benzene rings is 1. The second-order valence-electron chi connectivity index (χ2n) is 4.28. The molecule has 108 valence electrons. The van der Waals surface area contributed by atoms with Crippen molar-refractivity contribution in [3.05, 3.63) is 52.7 Å². The number of carboxylic acids is 1. The number of nitrogens with one attached hydrogen (secondary N) is 2. The average Bonchev–Trinajstić information content (AvgIpc) is 2.43. The van der Waals surface area contributed by atoms with Crippen molar-refractivity contribution in [1.29, 1.82) is 0 Å². The van der Waals surface area contributed by atoms with Gasteiger partial charge in [-0.25, -0.2) is 14.6 Å². The summed E-state index contributed by atoms with van der Waals surface area (Å²) in [4.78, 5) is 26.3. The van der Waals surface area contributed by atoms with Gasteiger partial charge >= 0.3 is 12.0 Å². The summed E-state index contributed by atoms with van der Waals surface area (Å²) >= 11 is 5.96. The highest BCUT2D eigenvalue weighted by molar-refractivity contribution is 6.31. The lowest BCUT2D eigenvalue weighted by Crippen LogP contribution is -2.20. The standard InChI is InChI=1S/C14H12ClN3O3/c1-8-2-4-10(6-11(8)15)17-14(21)18-12-5-3-9(7-16-12)13(19)20/h2-7H,1H3,(H,19,20)(H2,16,17,18,21). The van der Waals surface area contributed by atoms with Gasteiger partial charge in [-0.15, -0.1) is 0 Å². The molecule has 2 amide bonds. The van der Waals surface area contributed by atoms with Crippen molar-refractivity contribution in [3.63, 3.8) is 0 Å². The molecule has 1 aromatic heterocycles. The molecule has 7 heteroatoms. The van der Waals surface area contributed by atoms with E-state index in [9.17, 15) is 9.59 Å². The van der Waals surface area contributed by atoms with E-state index in [0.717, 1.165) is 5.56 Å². The van der Waals surface area contributed by atoms with Crippen LogP contribution in [0.4, 0.5) is 16.3 Å². The van der Waals surface area contributed by atoms with E-state index in [0.29, 0.717) is 10.7 Å². The second kappa shape index (κ2) is 6.23. The van der Waals surface area contributed by atoms with Gasteiger partial charge in [0, 0.05) is 16.9 Å². The lowest BCUT2D eigenvalue weighted by Gasteiger charge is -2.08. The van der Waals surface area contributed by atoms with Crippen molar-refractivity contribution >= 4 is 35.1 Å². The van der Waals surface area contributed by atoms with Gasteiger partial charge in [0.05, 0.1) is 5.56 Å². The number of pyridine rings is 1. The number of anilines is 2. The molecule has 0 aliphatic heterocycles. The van der Waals surface area contributed by atoms with Crippen LogP contribution in [0.3, 0.4) is 0 Å². The molecule has 0 aliphatic rings. The fraction of sp³-hybridized carbons (Fsp3) is 0.0714. The normalized spacial score (nSPS) is 10.0. The molecule has 2 rings (SSSR count). The van der Waals surface area contributed by atoms with Crippen LogP contribution in [0.2, 0.25) is 5.02 Å². The molecule has 21 heavy (non-hydrogen) atoms. The number of rotatable bonds is 3. The van der Waals surface area contributed by atoms with Crippen LogP contribution in [0.25, 0.3) is 0 Å². The predicted octanol–water partition coefficient (Wildman–Crippen LogP) is 3.39. The Hall–Kier alpha value is -2.60. The molecule has 0 aliphatic carbocycles. The number of nitrogens with zero attached hydrogens (tertiary/aromatic N) is 1. The second-order valence-corrected chi connectivity index (χ2v) is 4.69. The molecule has 3 N–H and O–H groups in total. The van der Waals surface area contributed by atoms with E-state index >= 15 is 0 Å². The maximum absolute atomic E-state index is 11.8. The highest BCUT2D eigenvalue weighted by Gasteiger charge is 2.07. The summed E-state index contributed by atoms with van der Waals surface area (Å²) in [6, 6.07) is 7.42. The Bertz CT molecular complexity index is 686. The van der Waals surface area contributed by atoms with E-state index in [1.54, 1.807) is 18.2 Å². The van der Waals surface area contributed by atoms with Crippen LogP contribution in [0.15, 0.2) is 36.5 Å². The summed E-state index contributed by atoms with van der Waals surface area (Å²) in [6.45, 7) is 1.86. The number of aromatic nitrogens is 1. The molecule has 0 fully saturated rings. The minimum Gasteiger partial charge on any atom is -0.478 e. The molecule has 0 saturated heterocycles. The summed E-state index contributed by atoms with van der Waals surface area (Å²) in [6.07, 6.45) is 1.17. The Labute approximate surface area is 125 Å². The number of amides is 2. The van der Waals surface area contributed by atoms with Crippen molar-refractivity contribution in [2.24, 2.45) is 0 Å². The van der Waals surface area contributed by atoms with Gasteiger partial charge in [-0.1, -0.05) is 17.7 Å². The van der Waals surface area contributed by atoms with Crippen molar-refractivity contribution < 1.29 is 14.7 Å². The van der Waals surface area contributed by atoms with Crippen LogP contribution >= 0.6 is 11.6 Å². The zero-order valence-electron chi connectivity index (χ0n) is 11.1. The van der Waals surface area contributed by atoms with Crippen LogP contribution in [-0.4, -0.2) is 22.1 Å². The van der Waals surface area contributed by atoms with Crippen LogP contribution in [0, 0.1) is 6.92 Å². The summed E-state index contributed by atoms with van der Waals surface area (Å²) in [5.74, 6) is -0.830. The molecule has 0 unspecified atom stereocenters. The summed E-state index contributed by atoms with van der Waals surface area (Å²) in [5.41, 5.74) is 1.50. The minimum absolute atomic E-state index is 0.0475. The molecule has 1 heterocycles. The minimum atomic E-state index is -1.08. The van der Waals surface area contributed by atoms with Crippen molar-refractivity contribution in [3.8, 4) is 0 Å². The number of urea groups is 1. The first-order chi connectivity index (χ1) is 9.95. The van der Waals surface area contributed by atoms with Gasteiger partial charge in [-0.05, 0) is 36.8 Å². The third kappa shape index (κ3) is 3.93. The number of hydrogen-bond acceptors (Lipinski definition) is 3. The zero-order chi connectivity index (χ0) is 15.4. The number of hydrogen-bond donors (Lipinski definition) is 3. The predicted molar refractivity (Wildman–Crippen MR) is 80.0 cm³/mol.